The van der Waals surface area contributed by atoms with Crippen LogP contribution >= 0.6 is 0 Å². The second kappa shape index (κ2) is 4.98. The number of nitrogens with zero attached hydrogens (tertiary/aromatic N) is 4. The first-order valence-electron chi connectivity index (χ1n) is 7.76. The molecule has 0 amide bonds. The van der Waals surface area contributed by atoms with E-state index < -0.39 is 0 Å². The molecule has 0 aliphatic rings. The third kappa shape index (κ3) is 1.77. The van der Waals surface area contributed by atoms with Gasteiger partial charge in [-0.1, -0.05) is 38.1 Å². The number of aromatic nitrogens is 4. The molecule has 0 aliphatic heterocycles. The summed E-state index contributed by atoms with van der Waals surface area (Å²) in [5, 5.41) is 0. The molecule has 0 saturated heterocycles. The smallest absolute Gasteiger partial charge is 0.129 e. The van der Waals surface area contributed by atoms with Crippen LogP contribution in [0, 0.1) is 0 Å². The van der Waals surface area contributed by atoms with Gasteiger partial charge in [-0.25, -0.2) is 19.3 Å². The van der Waals surface area contributed by atoms with E-state index in [1.54, 1.807) is 0 Å². The molecule has 0 saturated carbocycles. The molecular formula is C18H18N4. The SMILES string of the molecule is CCc1nc2ccccc2n1-n1c(CC)nc2ccccc21. The fraction of sp³-hybridized carbons (Fsp3) is 0.222. The summed E-state index contributed by atoms with van der Waals surface area (Å²) in [5.41, 5.74) is 4.30. The monoisotopic (exact) mass is 290 g/mol. The van der Waals surface area contributed by atoms with Gasteiger partial charge in [-0.15, -0.1) is 0 Å². The fourth-order valence-corrected chi connectivity index (χ4v) is 3.03. The Kier molecular flexibility index (Phi) is 2.96. The van der Waals surface area contributed by atoms with Crippen LogP contribution in [-0.4, -0.2) is 19.3 Å². The predicted octanol–water partition coefficient (Wildman–Crippen LogP) is 3.82. The summed E-state index contributed by atoms with van der Waals surface area (Å²) in [6, 6.07) is 16.6. The van der Waals surface area contributed by atoms with Crippen LogP contribution in [0.1, 0.15) is 25.5 Å². The van der Waals surface area contributed by atoms with Crippen molar-refractivity contribution in [3.8, 4) is 0 Å². The van der Waals surface area contributed by atoms with Crippen molar-refractivity contribution in [1.29, 1.82) is 0 Å². The maximum Gasteiger partial charge on any atom is 0.129 e. The van der Waals surface area contributed by atoms with Crippen molar-refractivity contribution in [3.63, 3.8) is 0 Å². The predicted molar refractivity (Wildman–Crippen MR) is 89.0 cm³/mol. The summed E-state index contributed by atoms with van der Waals surface area (Å²) < 4.78 is 4.42. The zero-order valence-electron chi connectivity index (χ0n) is 12.8. The van der Waals surface area contributed by atoms with E-state index in [2.05, 4.69) is 59.6 Å². The highest BCUT2D eigenvalue weighted by Crippen LogP contribution is 2.23. The summed E-state index contributed by atoms with van der Waals surface area (Å²) in [5.74, 6) is 2.11. The number of imidazole rings is 2. The molecular weight excluding hydrogens is 272 g/mol. The van der Waals surface area contributed by atoms with Gasteiger partial charge in [0.25, 0.3) is 0 Å². The molecule has 110 valence electrons. The third-order valence-electron chi connectivity index (χ3n) is 4.04. The van der Waals surface area contributed by atoms with Crippen molar-refractivity contribution >= 4 is 22.1 Å². The van der Waals surface area contributed by atoms with Crippen molar-refractivity contribution in [2.45, 2.75) is 26.7 Å². The molecule has 4 aromatic rings. The highest BCUT2D eigenvalue weighted by Gasteiger charge is 2.16. The number of rotatable bonds is 3. The van der Waals surface area contributed by atoms with Crippen molar-refractivity contribution in [3.05, 3.63) is 60.2 Å². The van der Waals surface area contributed by atoms with Crippen LogP contribution in [0.4, 0.5) is 0 Å². The standard InChI is InChI=1S/C18H18N4/c1-3-17-19-13-9-5-7-11-15(13)21(17)22-16-12-8-6-10-14(16)20-18(22)4-2/h5-12H,3-4H2,1-2H3. The Labute approximate surface area is 129 Å². The lowest BCUT2D eigenvalue weighted by Crippen LogP contribution is -2.15. The molecule has 4 rings (SSSR count). The Morgan fingerprint density at radius 2 is 1.09 bits per heavy atom. The minimum atomic E-state index is 0.879. The van der Waals surface area contributed by atoms with Crippen molar-refractivity contribution in [1.82, 2.24) is 19.3 Å². The normalized spacial score (nSPS) is 11.5. The van der Waals surface area contributed by atoms with E-state index in [-0.39, 0.29) is 0 Å². The number of para-hydroxylation sites is 4. The molecule has 22 heavy (non-hydrogen) atoms. The van der Waals surface area contributed by atoms with Gasteiger partial charge in [0.2, 0.25) is 0 Å². The topological polar surface area (TPSA) is 35.6 Å². The lowest BCUT2D eigenvalue weighted by atomic mass is 10.3. The van der Waals surface area contributed by atoms with Crippen LogP contribution in [0.3, 0.4) is 0 Å². The van der Waals surface area contributed by atoms with Crippen LogP contribution in [0.15, 0.2) is 48.5 Å². The van der Waals surface area contributed by atoms with Crippen LogP contribution in [0.2, 0.25) is 0 Å². The van der Waals surface area contributed by atoms with Crippen LogP contribution < -0.4 is 0 Å². The maximum absolute atomic E-state index is 4.78. The molecule has 2 aromatic carbocycles. The van der Waals surface area contributed by atoms with Gasteiger partial charge in [-0.2, -0.15) is 0 Å². The second-order valence-corrected chi connectivity index (χ2v) is 5.36. The van der Waals surface area contributed by atoms with E-state index in [0.717, 1.165) is 46.6 Å². The Balaban J connectivity index is 2.15. The van der Waals surface area contributed by atoms with Crippen LogP contribution in [-0.2, 0) is 12.8 Å². The molecule has 0 unspecified atom stereocenters. The molecule has 0 bridgehead atoms. The van der Waals surface area contributed by atoms with E-state index >= 15 is 0 Å². The lowest BCUT2D eigenvalue weighted by molar-refractivity contribution is 0.622. The average molecular weight is 290 g/mol. The summed E-state index contributed by atoms with van der Waals surface area (Å²) in [6.45, 7) is 4.28. The largest absolute Gasteiger partial charge is 0.231 e. The Morgan fingerprint density at radius 1 is 0.682 bits per heavy atom. The minimum Gasteiger partial charge on any atom is -0.231 e. The van der Waals surface area contributed by atoms with E-state index in [1.807, 2.05) is 12.1 Å². The van der Waals surface area contributed by atoms with E-state index in [1.165, 1.54) is 0 Å². The lowest BCUT2D eigenvalue weighted by Gasteiger charge is -2.13. The number of benzene rings is 2. The molecule has 0 aliphatic carbocycles. The average Bonchev–Trinajstić information content (AvgIpc) is 3.11. The van der Waals surface area contributed by atoms with Gasteiger partial charge in [0, 0.05) is 12.8 Å². The summed E-state index contributed by atoms with van der Waals surface area (Å²) >= 11 is 0. The Morgan fingerprint density at radius 3 is 1.50 bits per heavy atom. The summed E-state index contributed by atoms with van der Waals surface area (Å²) in [6.07, 6.45) is 1.76. The zero-order valence-corrected chi connectivity index (χ0v) is 12.8. The van der Waals surface area contributed by atoms with E-state index in [4.69, 9.17) is 9.97 Å². The highest BCUT2D eigenvalue weighted by molar-refractivity contribution is 5.79. The Hall–Kier alpha value is -2.62. The van der Waals surface area contributed by atoms with Gasteiger partial charge in [0.15, 0.2) is 0 Å². The first kappa shape index (κ1) is 13.1. The molecule has 0 radical (unpaired) electrons. The van der Waals surface area contributed by atoms with Gasteiger partial charge in [-0.05, 0) is 24.3 Å². The maximum atomic E-state index is 4.78. The number of fused-ring (bicyclic) bond motifs is 2. The van der Waals surface area contributed by atoms with Crippen molar-refractivity contribution in [2.75, 3.05) is 0 Å². The molecule has 2 aromatic heterocycles. The van der Waals surface area contributed by atoms with E-state index in [9.17, 15) is 0 Å². The quantitative estimate of drug-likeness (QED) is 0.575. The highest BCUT2D eigenvalue weighted by atomic mass is 15.5. The fourth-order valence-electron chi connectivity index (χ4n) is 3.03. The molecule has 0 atom stereocenters. The molecule has 4 nitrogen and oxygen atoms in total. The third-order valence-corrected chi connectivity index (χ3v) is 4.04. The second-order valence-electron chi connectivity index (χ2n) is 5.36. The van der Waals surface area contributed by atoms with Crippen LogP contribution in [0.25, 0.3) is 22.1 Å². The first-order chi connectivity index (χ1) is 10.8. The van der Waals surface area contributed by atoms with Gasteiger partial charge >= 0.3 is 0 Å². The molecule has 0 N–H and O–H groups in total. The zero-order chi connectivity index (χ0) is 15.1. The number of hydrogen-bond donors (Lipinski definition) is 0. The van der Waals surface area contributed by atoms with Crippen molar-refractivity contribution in [2.24, 2.45) is 0 Å². The minimum absolute atomic E-state index is 0.879. The summed E-state index contributed by atoms with van der Waals surface area (Å²) in [7, 11) is 0. The van der Waals surface area contributed by atoms with E-state index in [0.29, 0.717) is 0 Å². The molecule has 0 fully saturated rings. The van der Waals surface area contributed by atoms with Crippen LogP contribution in [0.5, 0.6) is 0 Å². The number of hydrogen-bond acceptors (Lipinski definition) is 2. The van der Waals surface area contributed by atoms with Gasteiger partial charge < -0.3 is 0 Å². The van der Waals surface area contributed by atoms with Gasteiger partial charge in [-0.3, -0.25) is 0 Å². The van der Waals surface area contributed by atoms with Gasteiger partial charge in [0.05, 0.1) is 22.1 Å². The molecule has 2 heterocycles. The molecule has 0 spiro atoms. The Bertz CT molecular complexity index is 882. The van der Waals surface area contributed by atoms with Crippen molar-refractivity contribution < 1.29 is 0 Å². The molecule has 4 heteroatoms. The number of aryl methyl sites for hydroxylation is 2. The van der Waals surface area contributed by atoms with Gasteiger partial charge in [0.1, 0.15) is 11.6 Å². The summed E-state index contributed by atoms with van der Waals surface area (Å²) in [4.78, 5) is 9.57. The first-order valence-corrected chi connectivity index (χ1v) is 7.76.